The molecule has 3 aromatic carbocycles. The molecule has 2 N–H and O–H groups in total. The van der Waals surface area contributed by atoms with Gasteiger partial charge in [-0.05, 0) is 49.6 Å². The number of sulfonamides is 1. The van der Waals surface area contributed by atoms with Gasteiger partial charge in [-0.25, -0.2) is 8.42 Å². The largest absolute Gasteiger partial charge is 0.492 e. The predicted octanol–water partition coefficient (Wildman–Crippen LogP) is 4.25. The Balaban J connectivity index is 1.85. The Labute approximate surface area is 200 Å². The van der Waals surface area contributed by atoms with E-state index >= 15 is 0 Å². The van der Waals surface area contributed by atoms with E-state index in [4.69, 9.17) is 16.3 Å². The Morgan fingerprint density at radius 3 is 2.36 bits per heavy atom. The molecule has 1 amide bonds. The molecular weight excluding hydrogens is 460 g/mol. The molecule has 0 aromatic heterocycles. The van der Waals surface area contributed by atoms with Gasteiger partial charge in [0.1, 0.15) is 16.7 Å². The van der Waals surface area contributed by atoms with Gasteiger partial charge in [0.2, 0.25) is 15.9 Å². The Hall–Kier alpha value is -2.87. The maximum Gasteiger partial charge on any atom is 0.245 e. The maximum absolute atomic E-state index is 13.3. The Morgan fingerprint density at radius 2 is 1.70 bits per heavy atom. The maximum atomic E-state index is 13.3. The van der Waals surface area contributed by atoms with E-state index in [9.17, 15) is 13.2 Å². The van der Waals surface area contributed by atoms with Gasteiger partial charge >= 0.3 is 0 Å². The summed E-state index contributed by atoms with van der Waals surface area (Å²) in [5.74, 6) is -0.254. The van der Waals surface area contributed by atoms with Crippen LogP contribution < -0.4 is 14.8 Å². The van der Waals surface area contributed by atoms with Crippen molar-refractivity contribution in [2.45, 2.75) is 37.8 Å². The number of amides is 1. The lowest BCUT2D eigenvalue weighted by Gasteiger charge is -2.20. The summed E-state index contributed by atoms with van der Waals surface area (Å²) in [6.07, 6.45) is 0.185. The number of halogens is 1. The van der Waals surface area contributed by atoms with Gasteiger partial charge in [0, 0.05) is 11.6 Å². The van der Waals surface area contributed by atoms with E-state index in [0.29, 0.717) is 0 Å². The highest BCUT2D eigenvalue weighted by Crippen LogP contribution is 2.27. The molecule has 0 bridgehead atoms. The fraction of sp³-hybridized carbons (Fsp3) is 0.240. The highest BCUT2D eigenvalue weighted by Gasteiger charge is 2.28. The molecule has 0 aliphatic heterocycles. The van der Waals surface area contributed by atoms with Crippen LogP contribution in [0, 0.1) is 6.92 Å². The van der Waals surface area contributed by atoms with Gasteiger partial charge in [0.25, 0.3) is 0 Å². The van der Waals surface area contributed by atoms with E-state index < -0.39 is 22.0 Å². The molecule has 1 atom stereocenters. The quantitative estimate of drug-likeness (QED) is 0.448. The third-order valence-corrected chi connectivity index (χ3v) is 6.71. The van der Waals surface area contributed by atoms with Crippen LogP contribution in [0.3, 0.4) is 0 Å². The van der Waals surface area contributed by atoms with Crippen LogP contribution in [-0.4, -0.2) is 27.0 Å². The van der Waals surface area contributed by atoms with E-state index in [1.54, 1.807) is 13.0 Å². The molecule has 0 saturated heterocycles. The van der Waals surface area contributed by atoms with Crippen molar-refractivity contribution in [1.82, 2.24) is 10.0 Å². The molecule has 8 heteroatoms. The Morgan fingerprint density at radius 1 is 1.00 bits per heavy atom. The molecule has 0 aliphatic rings. The monoisotopic (exact) mass is 486 g/mol. The second kappa shape index (κ2) is 11.3. The first-order valence-electron chi connectivity index (χ1n) is 10.6. The van der Waals surface area contributed by atoms with Crippen LogP contribution in [0.1, 0.15) is 23.6 Å². The number of carbonyl (C=O) groups excluding carboxylic acids is 1. The summed E-state index contributed by atoms with van der Waals surface area (Å²) in [5.41, 5.74) is 2.86. The number of aryl methyl sites for hydroxylation is 1. The highest BCUT2D eigenvalue weighted by atomic mass is 35.5. The lowest BCUT2D eigenvalue weighted by molar-refractivity contribution is -0.122. The fourth-order valence-corrected chi connectivity index (χ4v) is 4.88. The third-order valence-electron chi connectivity index (χ3n) is 4.98. The molecule has 33 heavy (non-hydrogen) atoms. The van der Waals surface area contributed by atoms with Crippen molar-refractivity contribution in [1.29, 1.82) is 0 Å². The van der Waals surface area contributed by atoms with E-state index in [1.165, 1.54) is 12.1 Å². The fourth-order valence-electron chi connectivity index (χ4n) is 3.27. The first-order chi connectivity index (χ1) is 15.8. The normalized spacial score (nSPS) is 12.2. The smallest absolute Gasteiger partial charge is 0.245 e. The second-order valence-corrected chi connectivity index (χ2v) is 9.71. The van der Waals surface area contributed by atoms with E-state index in [0.717, 1.165) is 16.7 Å². The number of carbonyl (C=O) groups is 1. The van der Waals surface area contributed by atoms with Gasteiger partial charge in [-0.1, -0.05) is 71.8 Å². The van der Waals surface area contributed by atoms with Crippen LogP contribution in [0.2, 0.25) is 5.02 Å². The van der Waals surface area contributed by atoms with E-state index in [2.05, 4.69) is 10.0 Å². The lowest BCUT2D eigenvalue weighted by atomic mass is 10.1. The lowest BCUT2D eigenvalue weighted by Crippen LogP contribution is -2.47. The third kappa shape index (κ3) is 7.05. The zero-order chi connectivity index (χ0) is 23.8. The first kappa shape index (κ1) is 24.8. The minimum absolute atomic E-state index is 0.110. The topological polar surface area (TPSA) is 84.5 Å². The number of hydrogen-bond acceptors (Lipinski definition) is 4. The molecule has 174 valence electrons. The number of ether oxygens (including phenoxy) is 1. The summed E-state index contributed by atoms with van der Waals surface area (Å²) in [4.78, 5) is 13.0. The van der Waals surface area contributed by atoms with Crippen molar-refractivity contribution in [3.63, 3.8) is 0 Å². The average Bonchev–Trinajstić information content (AvgIpc) is 2.80. The molecule has 1 unspecified atom stereocenters. The minimum atomic E-state index is -4.11. The number of nitrogens with one attached hydrogen (secondary N) is 2. The molecule has 0 saturated carbocycles. The van der Waals surface area contributed by atoms with Crippen LogP contribution >= 0.6 is 11.6 Å². The summed E-state index contributed by atoms with van der Waals surface area (Å²) in [5, 5.41) is 3.09. The number of benzene rings is 3. The SMILES string of the molecule is CCOc1ccc(Cl)cc1S(=O)(=O)NC(Cc1ccccc1)C(=O)NCc1ccc(C)cc1. The van der Waals surface area contributed by atoms with Crippen molar-refractivity contribution in [2.24, 2.45) is 0 Å². The predicted molar refractivity (Wildman–Crippen MR) is 130 cm³/mol. The van der Waals surface area contributed by atoms with Gasteiger partial charge in [0.05, 0.1) is 6.61 Å². The van der Waals surface area contributed by atoms with Crippen LogP contribution in [0.5, 0.6) is 5.75 Å². The van der Waals surface area contributed by atoms with Gasteiger partial charge in [-0.3, -0.25) is 4.79 Å². The summed E-state index contributed by atoms with van der Waals surface area (Å²) in [7, 11) is -4.11. The summed E-state index contributed by atoms with van der Waals surface area (Å²) >= 11 is 6.05. The van der Waals surface area contributed by atoms with Crippen LogP contribution in [0.15, 0.2) is 77.7 Å². The zero-order valence-corrected chi connectivity index (χ0v) is 20.1. The second-order valence-electron chi connectivity index (χ2n) is 7.59. The number of hydrogen-bond donors (Lipinski definition) is 2. The summed E-state index contributed by atoms with van der Waals surface area (Å²) in [6, 6.07) is 20.4. The van der Waals surface area contributed by atoms with Crippen molar-refractivity contribution in [3.8, 4) is 5.75 Å². The van der Waals surface area contributed by atoms with Crippen LogP contribution in [0.4, 0.5) is 0 Å². The molecule has 0 spiro atoms. The standard InChI is InChI=1S/C25H27ClN2O4S/c1-3-32-23-14-13-21(26)16-24(23)33(30,31)28-22(15-19-7-5-4-6-8-19)25(29)27-17-20-11-9-18(2)10-12-20/h4-14,16,22,28H,3,15,17H2,1-2H3,(H,27,29). The highest BCUT2D eigenvalue weighted by molar-refractivity contribution is 7.89. The average molecular weight is 487 g/mol. The first-order valence-corrected chi connectivity index (χ1v) is 12.5. The Kier molecular flexibility index (Phi) is 8.49. The molecule has 3 aromatic rings. The van der Waals surface area contributed by atoms with E-state index in [1.807, 2.05) is 61.5 Å². The van der Waals surface area contributed by atoms with Crippen molar-refractivity contribution >= 4 is 27.5 Å². The molecule has 0 fully saturated rings. The molecule has 6 nitrogen and oxygen atoms in total. The van der Waals surface area contributed by atoms with Gasteiger partial charge in [-0.2, -0.15) is 4.72 Å². The number of rotatable bonds is 10. The van der Waals surface area contributed by atoms with Crippen molar-refractivity contribution < 1.29 is 17.9 Å². The van der Waals surface area contributed by atoms with E-state index in [-0.39, 0.29) is 35.2 Å². The van der Waals surface area contributed by atoms with Crippen LogP contribution in [-0.2, 0) is 27.8 Å². The summed E-state index contributed by atoms with van der Waals surface area (Å²) < 4.78 is 34.6. The van der Waals surface area contributed by atoms with Crippen LogP contribution in [0.25, 0.3) is 0 Å². The molecule has 3 rings (SSSR count). The Bertz CT molecular complexity index is 1180. The molecule has 0 heterocycles. The summed E-state index contributed by atoms with van der Waals surface area (Å²) in [6.45, 7) is 4.32. The minimum Gasteiger partial charge on any atom is -0.492 e. The van der Waals surface area contributed by atoms with Crippen molar-refractivity contribution in [2.75, 3.05) is 6.61 Å². The molecule has 0 radical (unpaired) electrons. The van der Waals surface area contributed by atoms with Gasteiger partial charge in [-0.15, -0.1) is 0 Å². The van der Waals surface area contributed by atoms with Crippen molar-refractivity contribution in [3.05, 3.63) is 94.5 Å². The van der Waals surface area contributed by atoms with Gasteiger partial charge in [0.15, 0.2) is 0 Å². The zero-order valence-electron chi connectivity index (χ0n) is 18.5. The molecule has 0 aliphatic carbocycles. The molecular formula is C25H27ClN2O4S. The van der Waals surface area contributed by atoms with Gasteiger partial charge < -0.3 is 10.1 Å².